The molecule has 0 bridgehead atoms. The molecule has 4 rings (SSSR count). The Morgan fingerprint density at radius 3 is 2.45 bits per heavy atom. The first-order valence-corrected chi connectivity index (χ1v) is 9.58. The highest BCUT2D eigenvalue weighted by Crippen LogP contribution is 2.23. The molecular formula is C20H24N5O4+. The predicted octanol–water partition coefficient (Wildman–Crippen LogP) is 0.183. The average Bonchev–Trinajstić information content (AvgIpc) is 3.11. The van der Waals surface area contributed by atoms with Gasteiger partial charge in [0, 0.05) is 19.7 Å². The molecule has 1 aromatic rings. The normalized spacial score (nSPS) is 22.2. The van der Waals surface area contributed by atoms with Gasteiger partial charge in [0.1, 0.15) is 6.54 Å². The summed E-state index contributed by atoms with van der Waals surface area (Å²) in [6.45, 7) is 4.26. The number of ether oxygens (including phenoxy) is 1. The molecule has 1 unspecified atom stereocenters. The number of amidine groups is 1. The topological polar surface area (TPSA) is 85.5 Å². The summed E-state index contributed by atoms with van der Waals surface area (Å²) in [6, 6.07) is 6.12. The lowest BCUT2D eigenvalue weighted by Gasteiger charge is -2.33. The van der Waals surface area contributed by atoms with Crippen LogP contribution in [0.2, 0.25) is 0 Å². The summed E-state index contributed by atoms with van der Waals surface area (Å²) in [5.41, 5.74) is 1.64. The van der Waals surface area contributed by atoms with E-state index in [1.54, 1.807) is 24.1 Å². The number of benzene rings is 1. The standard InChI is InChI=1S/C20H24N5O4/c1-13-4-6-14(7-5-13)15(26)12-25-16-17(22(2)20(28)23(3)18(16)27)21-19(25)24-8-10-29-11-9-24/h4-7,16H,8-12H2,1-3H3/q+1. The first-order valence-electron chi connectivity index (χ1n) is 9.58. The van der Waals surface area contributed by atoms with Crippen molar-refractivity contribution in [1.29, 1.82) is 0 Å². The molecule has 1 atom stereocenters. The number of aryl methyl sites for hydroxylation is 1. The summed E-state index contributed by atoms with van der Waals surface area (Å²) in [5.74, 6) is 0.405. The van der Waals surface area contributed by atoms with Gasteiger partial charge in [-0.3, -0.25) is 24.0 Å². The Hall–Kier alpha value is -3.07. The molecule has 0 aliphatic carbocycles. The fourth-order valence-electron chi connectivity index (χ4n) is 3.75. The molecule has 0 aromatic heterocycles. The second kappa shape index (κ2) is 7.40. The molecule has 2 saturated heterocycles. The van der Waals surface area contributed by atoms with Crippen LogP contribution in [0.5, 0.6) is 0 Å². The first-order chi connectivity index (χ1) is 13.9. The van der Waals surface area contributed by atoms with Crippen LogP contribution >= 0.6 is 0 Å². The van der Waals surface area contributed by atoms with E-state index < -0.39 is 12.1 Å². The van der Waals surface area contributed by atoms with Gasteiger partial charge in [-0.2, -0.15) is 0 Å². The SMILES string of the molecule is Cc1ccc(C(=O)CN2C(=[N+]3CCOCC3)N=C3C2C(=O)N(C)C(=O)N3C)cc1. The van der Waals surface area contributed by atoms with E-state index in [0.29, 0.717) is 43.7 Å². The Labute approximate surface area is 168 Å². The highest BCUT2D eigenvalue weighted by Gasteiger charge is 2.55. The zero-order valence-electron chi connectivity index (χ0n) is 16.8. The fraction of sp³-hybridized carbons (Fsp3) is 0.450. The van der Waals surface area contributed by atoms with Gasteiger partial charge < -0.3 is 4.74 Å². The van der Waals surface area contributed by atoms with Crippen LogP contribution in [0.3, 0.4) is 0 Å². The molecule has 1 aromatic carbocycles. The van der Waals surface area contributed by atoms with E-state index in [0.717, 1.165) is 10.5 Å². The van der Waals surface area contributed by atoms with E-state index >= 15 is 0 Å². The van der Waals surface area contributed by atoms with Crippen molar-refractivity contribution >= 4 is 29.5 Å². The number of imide groups is 1. The summed E-state index contributed by atoms with van der Waals surface area (Å²) >= 11 is 0. The Bertz CT molecular complexity index is 929. The minimum atomic E-state index is -0.796. The van der Waals surface area contributed by atoms with Gasteiger partial charge in [-0.25, -0.2) is 9.69 Å². The van der Waals surface area contributed by atoms with Gasteiger partial charge in [0.2, 0.25) is 11.9 Å². The van der Waals surface area contributed by atoms with Gasteiger partial charge in [-0.15, -0.1) is 0 Å². The number of carbonyl (C=O) groups excluding carboxylic acids is 3. The Morgan fingerprint density at radius 1 is 1.14 bits per heavy atom. The Kier molecular flexibility index (Phi) is 4.91. The van der Waals surface area contributed by atoms with Crippen molar-refractivity contribution < 1.29 is 23.7 Å². The monoisotopic (exact) mass is 398 g/mol. The van der Waals surface area contributed by atoms with Crippen molar-refractivity contribution in [2.24, 2.45) is 4.99 Å². The molecule has 0 N–H and O–H groups in total. The lowest BCUT2D eigenvalue weighted by molar-refractivity contribution is -0.554. The van der Waals surface area contributed by atoms with Crippen molar-refractivity contribution in [3.05, 3.63) is 35.4 Å². The van der Waals surface area contributed by atoms with E-state index in [9.17, 15) is 14.4 Å². The number of hydrogen-bond acceptors (Lipinski definition) is 4. The molecule has 0 saturated carbocycles. The van der Waals surface area contributed by atoms with Gasteiger partial charge in [0.25, 0.3) is 5.91 Å². The van der Waals surface area contributed by atoms with Gasteiger partial charge in [-0.1, -0.05) is 34.8 Å². The molecule has 152 valence electrons. The number of amides is 3. The molecule has 3 heterocycles. The van der Waals surface area contributed by atoms with Crippen molar-refractivity contribution in [3.8, 4) is 0 Å². The zero-order valence-corrected chi connectivity index (χ0v) is 16.8. The average molecular weight is 398 g/mol. The third-order valence-electron chi connectivity index (χ3n) is 5.49. The van der Waals surface area contributed by atoms with Crippen LogP contribution < -0.4 is 0 Å². The molecule has 29 heavy (non-hydrogen) atoms. The Morgan fingerprint density at radius 2 is 1.79 bits per heavy atom. The maximum atomic E-state index is 13.0. The third kappa shape index (κ3) is 3.31. The molecule has 2 fully saturated rings. The molecule has 9 heteroatoms. The third-order valence-corrected chi connectivity index (χ3v) is 5.49. The lowest BCUT2D eigenvalue weighted by Crippen LogP contribution is -2.63. The largest absolute Gasteiger partial charge is 0.393 e. The number of carbonyl (C=O) groups is 3. The van der Waals surface area contributed by atoms with E-state index in [4.69, 9.17) is 4.74 Å². The van der Waals surface area contributed by atoms with Gasteiger partial charge in [-0.05, 0) is 6.92 Å². The zero-order chi connectivity index (χ0) is 20.7. The summed E-state index contributed by atoms with van der Waals surface area (Å²) in [7, 11) is 3.05. The predicted molar refractivity (Wildman–Crippen MR) is 105 cm³/mol. The van der Waals surface area contributed by atoms with Crippen LogP contribution in [-0.4, -0.2) is 102 Å². The summed E-state index contributed by atoms with van der Waals surface area (Å²) in [4.78, 5) is 47.1. The first kappa shape index (κ1) is 19.3. The number of fused-ring (bicyclic) bond motifs is 1. The van der Waals surface area contributed by atoms with Crippen LogP contribution in [0.25, 0.3) is 0 Å². The quantitative estimate of drug-likeness (QED) is 0.536. The van der Waals surface area contributed by atoms with Crippen molar-refractivity contribution in [3.63, 3.8) is 0 Å². The smallest absolute Gasteiger partial charge is 0.375 e. The number of guanidine groups is 1. The second-order valence-electron chi connectivity index (χ2n) is 7.43. The lowest BCUT2D eigenvalue weighted by atomic mass is 10.1. The number of aliphatic imine (C=N–C) groups is 1. The minimum absolute atomic E-state index is 0.00493. The van der Waals surface area contributed by atoms with Crippen LogP contribution in [0.4, 0.5) is 4.79 Å². The van der Waals surface area contributed by atoms with Crippen LogP contribution in [0.1, 0.15) is 15.9 Å². The Balaban J connectivity index is 1.72. The molecule has 0 radical (unpaired) electrons. The molecule has 0 spiro atoms. The van der Waals surface area contributed by atoms with Gasteiger partial charge in [0.15, 0.2) is 5.78 Å². The summed E-state index contributed by atoms with van der Waals surface area (Å²) in [6.07, 6.45) is 0. The van der Waals surface area contributed by atoms with Crippen LogP contribution in [0.15, 0.2) is 29.3 Å². The number of urea groups is 1. The fourth-order valence-corrected chi connectivity index (χ4v) is 3.75. The maximum absolute atomic E-state index is 13.0. The molecule has 3 amide bonds. The number of hydrogen-bond donors (Lipinski definition) is 0. The van der Waals surface area contributed by atoms with E-state index in [2.05, 4.69) is 4.99 Å². The molecule has 9 nitrogen and oxygen atoms in total. The number of likely N-dealkylation sites (N-methyl/N-ethyl adjacent to an activating group) is 2. The highest BCUT2D eigenvalue weighted by atomic mass is 16.5. The number of Topliss-reactive ketones (excluding diaryl/α,β-unsaturated/α-hetero) is 1. The number of rotatable bonds is 3. The summed E-state index contributed by atoms with van der Waals surface area (Å²) < 4.78 is 7.43. The molecular weight excluding hydrogens is 374 g/mol. The highest BCUT2D eigenvalue weighted by molar-refractivity contribution is 6.25. The summed E-state index contributed by atoms with van der Waals surface area (Å²) in [5, 5.41) is 0. The number of nitrogens with zero attached hydrogens (tertiary/aromatic N) is 5. The van der Waals surface area contributed by atoms with E-state index in [-0.39, 0.29) is 18.2 Å². The van der Waals surface area contributed by atoms with E-state index in [1.807, 2.05) is 23.6 Å². The molecule has 3 aliphatic heterocycles. The van der Waals surface area contributed by atoms with Crippen LogP contribution in [-0.2, 0) is 9.53 Å². The molecule has 3 aliphatic rings. The number of ketones is 1. The van der Waals surface area contributed by atoms with Crippen LogP contribution in [0, 0.1) is 6.92 Å². The van der Waals surface area contributed by atoms with Crippen molar-refractivity contribution in [1.82, 2.24) is 14.7 Å². The minimum Gasteiger partial charge on any atom is -0.375 e. The second-order valence-corrected chi connectivity index (χ2v) is 7.43. The maximum Gasteiger partial charge on any atom is 0.393 e. The van der Waals surface area contributed by atoms with E-state index in [1.165, 1.54) is 11.9 Å². The van der Waals surface area contributed by atoms with Gasteiger partial charge >= 0.3 is 12.0 Å². The van der Waals surface area contributed by atoms with Crippen molar-refractivity contribution in [2.45, 2.75) is 13.0 Å². The van der Waals surface area contributed by atoms with Gasteiger partial charge in [0.05, 0.1) is 26.3 Å². The van der Waals surface area contributed by atoms with Crippen molar-refractivity contribution in [2.75, 3.05) is 46.9 Å². The number of morpholine rings is 1.